The van der Waals surface area contributed by atoms with Gasteiger partial charge in [-0.25, -0.2) is 0 Å². The van der Waals surface area contributed by atoms with E-state index in [9.17, 15) is 4.79 Å². The van der Waals surface area contributed by atoms with Gasteiger partial charge in [-0.05, 0) is 38.6 Å². The number of ether oxygens (including phenoxy) is 1. The number of carbonyl (C=O) groups excluding carboxylic acids is 1. The van der Waals surface area contributed by atoms with Crippen LogP contribution < -0.4 is 0 Å². The van der Waals surface area contributed by atoms with Crippen LogP contribution in [0.25, 0.3) is 0 Å². The van der Waals surface area contributed by atoms with Crippen molar-refractivity contribution in [3.63, 3.8) is 0 Å². The molecule has 3 nitrogen and oxygen atoms in total. The van der Waals surface area contributed by atoms with Crippen molar-refractivity contribution < 1.29 is 9.53 Å². The van der Waals surface area contributed by atoms with Crippen molar-refractivity contribution in [2.24, 2.45) is 5.92 Å². The number of likely N-dealkylation sites (tertiary alicyclic amines) is 1. The van der Waals surface area contributed by atoms with Gasteiger partial charge >= 0.3 is 5.97 Å². The summed E-state index contributed by atoms with van der Waals surface area (Å²) in [6.45, 7) is 2.00. The fourth-order valence-electron chi connectivity index (χ4n) is 2.77. The molecular weight excluding hydrogens is 202 g/mol. The van der Waals surface area contributed by atoms with E-state index in [0.717, 1.165) is 25.9 Å². The van der Waals surface area contributed by atoms with E-state index in [1.165, 1.54) is 26.4 Å². The summed E-state index contributed by atoms with van der Waals surface area (Å²) < 4.78 is 4.84. The first kappa shape index (κ1) is 11.6. The Morgan fingerprint density at radius 2 is 2.25 bits per heavy atom. The molecule has 1 aliphatic carbocycles. The van der Waals surface area contributed by atoms with Gasteiger partial charge in [-0.3, -0.25) is 9.69 Å². The standard InChI is InChI=1S/C13H21NO2/c1-16-13(15)11-6-5-9-14(10-11)12-7-3-2-4-8-12/h3,7,11-12H,2,4-6,8-10H2,1H3/t11-,12?/m0/s1. The molecule has 1 unspecified atom stereocenters. The van der Waals surface area contributed by atoms with Gasteiger partial charge in [0.1, 0.15) is 0 Å². The van der Waals surface area contributed by atoms with Gasteiger partial charge in [0, 0.05) is 12.6 Å². The lowest BCUT2D eigenvalue weighted by molar-refractivity contribution is -0.147. The Hall–Kier alpha value is -0.830. The van der Waals surface area contributed by atoms with E-state index in [-0.39, 0.29) is 11.9 Å². The second kappa shape index (κ2) is 5.48. The van der Waals surface area contributed by atoms with Crippen molar-refractivity contribution in [2.75, 3.05) is 20.2 Å². The van der Waals surface area contributed by atoms with Crippen molar-refractivity contribution in [1.82, 2.24) is 4.90 Å². The van der Waals surface area contributed by atoms with E-state index in [4.69, 9.17) is 4.74 Å². The zero-order chi connectivity index (χ0) is 11.4. The maximum absolute atomic E-state index is 11.5. The molecule has 0 amide bonds. The van der Waals surface area contributed by atoms with Crippen molar-refractivity contribution in [3.05, 3.63) is 12.2 Å². The van der Waals surface area contributed by atoms with E-state index in [1.807, 2.05) is 0 Å². The first-order chi connectivity index (χ1) is 7.81. The molecule has 90 valence electrons. The van der Waals surface area contributed by atoms with E-state index in [0.29, 0.717) is 6.04 Å². The molecule has 2 aliphatic rings. The van der Waals surface area contributed by atoms with Gasteiger partial charge in [-0.1, -0.05) is 12.2 Å². The predicted octanol–water partition coefficient (Wildman–Crippen LogP) is 1.98. The average Bonchev–Trinajstić information content (AvgIpc) is 2.39. The van der Waals surface area contributed by atoms with E-state index in [1.54, 1.807) is 0 Å². The summed E-state index contributed by atoms with van der Waals surface area (Å²) >= 11 is 0. The molecule has 1 fully saturated rings. The minimum Gasteiger partial charge on any atom is -0.469 e. The Kier molecular flexibility index (Phi) is 3.99. The third-order valence-electron chi connectivity index (χ3n) is 3.69. The lowest BCUT2D eigenvalue weighted by Gasteiger charge is -2.37. The highest BCUT2D eigenvalue weighted by Gasteiger charge is 2.29. The van der Waals surface area contributed by atoms with Crippen molar-refractivity contribution in [3.8, 4) is 0 Å². The summed E-state index contributed by atoms with van der Waals surface area (Å²) in [5.74, 6) is 0.0542. The van der Waals surface area contributed by atoms with E-state index in [2.05, 4.69) is 17.1 Å². The van der Waals surface area contributed by atoms with Crippen LogP contribution in [0, 0.1) is 5.92 Å². The Morgan fingerprint density at radius 3 is 2.94 bits per heavy atom. The molecule has 0 aromatic carbocycles. The van der Waals surface area contributed by atoms with Gasteiger partial charge in [-0.15, -0.1) is 0 Å². The monoisotopic (exact) mass is 223 g/mol. The number of hydrogen-bond donors (Lipinski definition) is 0. The molecule has 1 saturated heterocycles. The maximum atomic E-state index is 11.5. The van der Waals surface area contributed by atoms with Crippen LogP contribution >= 0.6 is 0 Å². The van der Waals surface area contributed by atoms with Gasteiger partial charge in [-0.2, -0.15) is 0 Å². The lowest BCUT2D eigenvalue weighted by atomic mass is 9.94. The number of carbonyl (C=O) groups is 1. The number of methoxy groups -OCH3 is 1. The molecule has 3 heteroatoms. The van der Waals surface area contributed by atoms with E-state index >= 15 is 0 Å². The number of nitrogens with zero attached hydrogens (tertiary/aromatic N) is 1. The van der Waals surface area contributed by atoms with Crippen LogP contribution in [0.3, 0.4) is 0 Å². The Balaban J connectivity index is 1.93. The normalized spacial score (nSPS) is 31.3. The topological polar surface area (TPSA) is 29.5 Å². The average molecular weight is 223 g/mol. The summed E-state index contributed by atoms with van der Waals surface area (Å²) in [4.78, 5) is 14.0. The smallest absolute Gasteiger partial charge is 0.309 e. The van der Waals surface area contributed by atoms with Gasteiger partial charge < -0.3 is 4.74 Å². The van der Waals surface area contributed by atoms with Crippen molar-refractivity contribution in [2.45, 2.75) is 38.1 Å². The van der Waals surface area contributed by atoms with Crippen LogP contribution in [0.15, 0.2) is 12.2 Å². The molecule has 1 heterocycles. The molecule has 0 saturated carbocycles. The van der Waals surface area contributed by atoms with Gasteiger partial charge in [0.15, 0.2) is 0 Å². The lowest BCUT2D eigenvalue weighted by Crippen LogP contribution is -2.44. The fraction of sp³-hybridized carbons (Fsp3) is 0.769. The minimum atomic E-state index is -0.0375. The summed E-state index contributed by atoms with van der Waals surface area (Å²) in [5, 5.41) is 0. The number of allylic oxidation sites excluding steroid dienone is 1. The molecule has 2 rings (SSSR count). The van der Waals surface area contributed by atoms with Crippen LogP contribution in [0.4, 0.5) is 0 Å². The van der Waals surface area contributed by atoms with Crippen LogP contribution in [-0.2, 0) is 9.53 Å². The Labute approximate surface area is 97.5 Å². The zero-order valence-corrected chi connectivity index (χ0v) is 10.0. The Bertz CT molecular complexity index is 275. The van der Waals surface area contributed by atoms with E-state index < -0.39 is 0 Å². The second-order valence-electron chi connectivity index (χ2n) is 4.78. The number of piperidine rings is 1. The molecule has 2 atom stereocenters. The first-order valence-corrected chi connectivity index (χ1v) is 6.30. The molecule has 0 N–H and O–H groups in total. The quantitative estimate of drug-likeness (QED) is 0.529. The minimum absolute atomic E-state index is 0.0375. The van der Waals surface area contributed by atoms with Crippen LogP contribution in [0.5, 0.6) is 0 Å². The summed E-state index contributed by atoms with van der Waals surface area (Å²) in [7, 11) is 1.49. The SMILES string of the molecule is COC(=O)[C@H]1CCCN(C2C=CCCC2)C1. The van der Waals surface area contributed by atoms with Gasteiger partial charge in [0.25, 0.3) is 0 Å². The second-order valence-corrected chi connectivity index (χ2v) is 4.78. The zero-order valence-electron chi connectivity index (χ0n) is 10.0. The van der Waals surface area contributed by atoms with Crippen LogP contribution in [0.1, 0.15) is 32.1 Å². The van der Waals surface area contributed by atoms with Gasteiger partial charge in [0.2, 0.25) is 0 Å². The summed E-state index contributed by atoms with van der Waals surface area (Å²) in [6.07, 6.45) is 10.4. The Morgan fingerprint density at radius 1 is 1.38 bits per heavy atom. The summed E-state index contributed by atoms with van der Waals surface area (Å²) in [6, 6.07) is 0.557. The third kappa shape index (κ3) is 2.64. The van der Waals surface area contributed by atoms with Crippen molar-refractivity contribution in [1.29, 1.82) is 0 Å². The van der Waals surface area contributed by atoms with Crippen LogP contribution in [-0.4, -0.2) is 37.1 Å². The van der Waals surface area contributed by atoms with Gasteiger partial charge in [0.05, 0.1) is 13.0 Å². The molecule has 0 aromatic rings. The van der Waals surface area contributed by atoms with Crippen molar-refractivity contribution >= 4 is 5.97 Å². The molecule has 0 bridgehead atoms. The first-order valence-electron chi connectivity index (χ1n) is 6.30. The molecule has 0 aromatic heterocycles. The fourth-order valence-corrected chi connectivity index (χ4v) is 2.77. The third-order valence-corrected chi connectivity index (χ3v) is 3.69. The maximum Gasteiger partial charge on any atom is 0.309 e. The molecular formula is C13H21NO2. The molecule has 0 spiro atoms. The highest BCUT2D eigenvalue weighted by molar-refractivity contribution is 5.72. The highest BCUT2D eigenvalue weighted by atomic mass is 16.5. The van der Waals surface area contributed by atoms with Crippen LogP contribution in [0.2, 0.25) is 0 Å². The molecule has 16 heavy (non-hydrogen) atoms. The molecule has 0 radical (unpaired) electrons. The number of rotatable bonds is 2. The largest absolute Gasteiger partial charge is 0.469 e. The highest BCUT2D eigenvalue weighted by Crippen LogP contribution is 2.24. The number of hydrogen-bond acceptors (Lipinski definition) is 3. The predicted molar refractivity (Wildman–Crippen MR) is 63.1 cm³/mol. The molecule has 1 aliphatic heterocycles. The number of esters is 1. The summed E-state index contributed by atoms with van der Waals surface area (Å²) in [5.41, 5.74) is 0.